The number of rotatable bonds is 3. The first-order valence-electron chi connectivity index (χ1n) is 7.44. The first kappa shape index (κ1) is 14.6. The van der Waals surface area contributed by atoms with Crippen molar-refractivity contribution in [3.8, 4) is 0 Å². The molecule has 1 atom stereocenters. The number of fused-ring (bicyclic) bond motifs is 1. The number of hydrogen-bond acceptors (Lipinski definition) is 2. The van der Waals surface area contributed by atoms with Crippen LogP contribution in [0.15, 0.2) is 30.5 Å². The first-order chi connectivity index (χ1) is 9.93. The van der Waals surface area contributed by atoms with Gasteiger partial charge in [-0.1, -0.05) is 12.1 Å². The van der Waals surface area contributed by atoms with Crippen molar-refractivity contribution < 1.29 is 8.42 Å². The van der Waals surface area contributed by atoms with Crippen LogP contribution >= 0.6 is 0 Å². The maximum atomic E-state index is 11.7. The highest BCUT2D eigenvalue weighted by atomic mass is 32.2. The lowest BCUT2D eigenvalue weighted by Crippen LogP contribution is -2.40. The monoisotopic (exact) mass is 306 g/mol. The molecule has 21 heavy (non-hydrogen) atoms. The van der Waals surface area contributed by atoms with Crippen molar-refractivity contribution >= 4 is 20.9 Å². The van der Waals surface area contributed by atoms with Crippen molar-refractivity contribution in [1.82, 2.24) is 8.87 Å². The quantitative estimate of drug-likeness (QED) is 0.875. The van der Waals surface area contributed by atoms with Crippen LogP contribution < -0.4 is 0 Å². The summed E-state index contributed by atoms with van der Waals surface area (Å²) in [6.45, 7) is 4.30. The summed E-state index contributed by atoms with van der Waals surface area (Å²) in [6.07, 6.45) is 5.47. The maximum Gasteiger partial charge on any atom is 0.211 e. The lowest BCUT2D eigenvalue weighted by atomic mass is 9.99. The Morgan fingerprint density at radius 1 is 1.29 bits per heavy atom. The molecule has 2 heterocycles. The van der Waals surface area contributed by atoms with E-state index in [1.54, 1.807) is 4.31 Å². The molecule has 3 rings (SSSR count). The second kappa shape index (κ2) is 5.46. The Morgan fingerprint density at radius 2 is 2.10 bits per heavy atom. The summed E-state index contributed by atoms with van der Waals surface area (Å²) in [5.74, 6) is 0.393. The Hall–Kier alpha value is -1.33. The number of nitrogens with zero attached hydrogens (tertiary/aromatic N) is 2. The SMILES string of the molecule is Cc1ccc2ccn(CC3CCCN(S(C)(=O)=O)C3)c2c1. The van der Waals surface area contributed by atoms with Gasteiger partial charge in [0.05, 0.1) is 6.26 Å². The van der Waals surface area contributed by atoms with E-state index in [1.807, 2.05) is 0 Å². The Balaban J connectivity index is 1.80. The van der Waals surface area contributed by atoms with Gasteiger partial charge >= 0.3 is 0 Å². The number of aryl methyl sites for hydroxylation is 1. The van der Waals surface area contributed by atoms with Crippen LogP contribution in [0.1, 0.15) is 18.4 Å². The molecule has 0 saturated carbocycles. The molecule has 1 saturated heterocycles. The fourth-order valence-electron chi connectivity index (χ4n) is 3.21. The summed E-state index contributed by atoms with van der Waals surface area (Å²) in [5.41, 5.74) is 2.50. The van der Waals surface area contributed by atoms with E-state index in [2.05, 4.69) is 42.0 Å². The highest BCUT2D eigenvalue weighted by molar-refractivity contribution is 7.88. The molecule has 0 bridgehead atoms. The largest absolute Gasteiger partial charge is 0.347 e. The van der Waals surface area contributed by atoms with E-state index >= 15 is 0 Å². The zero-order valence-corrected chi connectivity index (χ0v) is 13.4. The molecule has 1 aliphatic heterocycles. The zero-order valence-electron chi connectivity index (χ0n) is 12.6. The molecular weight excluding hydrogens is 284 g/mol. The third kappa shape index (κ3) is 3.14. The van der Waals surface area contributed by atoms with Crippen molar-refractivity contribution in [3.05, 3.63) is 36.0 Å². The van der Waals surface area contributed by atoms with Crippen molar-refractivity contribution in [2.75, 3.05) is 19.3 Å². The summed E-state index contributed by atoms with van der Waals surface area (Å²) >= 11 is 0. The number of sulfonamides is 1. The van der Waals surface area contributed by atoms with E-state index < -0.39 is 10.0 Å². The van der Waals surface area contributed by atoms with Gasteiger partial charge < -0.3 is 4.57 Å². The molecule has 2 aromatic rings. The highest BCUT2D eigenvalue weighted by Crippen LogP contribution is 2.24. The molecule has 0 amide bonds. The van der Waals surface area contributed by atoms with Crippen molar-refractivity contribution in [2.45, 2.75) is 26.3 Å². The third-order valence-corrected chi connectivity index (χ3v) is 5.60. The summed E-state index contributed by atoms with van der Waals surface area (Å²) in [7, 11) is -3.06. The van der Waals surface area contributed by atoms with E-state index in [4.69, 9.17) is 0 Å². The summed E-state index contributed by atoms with van der Waals surface area (Å²) in [6, 6.07) is 8.60. The molecule has 0 spiro atoms. The standard InChI is InChI=1S/C16H22N2O2S/c1-13-5-6-15-7-9-17(16(15)10-13)11-14-4-3-8-18(12-14)21(2,19)20/h5-7,9-10,14H,3-4,8,11-12H2,1-2H3. The van der Waals surface area contributed by atoms with Crippen LogP contribution in [0.4, 0.5) is 0 Å². The molecule has 1 unspecified atom stereocenters. The Kier molecular flexibility index (Phi) is 3.80. The number of piperidine rings is 1. The first-order valence-corrected chi connectivity index (χ1v) is 9.29. The lowest BCUT2D eigenvalue weighted by molar-refractivity contribution is 0.248. The Labute approximate surface area is 126 Å². The Morgan fingerprint density at radius 3 is 2.86 bits per heavy atom. The van der Waals surface area contributed by atoms with E-state index in [0.717, 1.165) is 19.4 Å². The average Bonchev–Trinajstić information content (AvgIpc) is 2.81. The predicted octanol–water partition coefficient (Wildman–Crippen LogP) is 2.62. The summed E-state index contributed by atoms with van der Waals surface area (Å²) < 4.78 is 27.3. The smallest absolute Gasteiger partial charge is 0.211 e. The van der Waals surface area contributed by atoms with Gasteiger partial charge in [0.25, 0.3) is 0 Å². The van der Waals surface area contributed by atoms with Gasteiger partial charge in [-0.2, -0.15) is 0 Å². The summed E-state index contributed by atoms with van der Waals surface area (Å²) in [5, 5.41) is 1.25. The fraction of sp³-hybridized carbons (Fsp3) is 0.500. The van der Waals surface area contributed by atoms with Gasteiger partial charge in [-0.3, -0.25) is 0 Å². The number of benzene rings is 1. The van der Waals surface area contributed by atoms with Gasteiger partial charge in [0, 0.05) is 31.3 Å². The lowest BCUT2D eigenvalue weighted by Gasteiger charge is -2.31. The highest BCUT2D eigenvalue weighted by Gasteiger charge is 2.26. The molecular formula is C16H22N2O2S. The van der Waals surface area contributed by atoms with Crippen molar-refractivity contribution in [3.63, 3.8) is 0 Å². The summed E-state index contributed by atoms with van der Waals surface area (Å²) in [4.78, 5) is 0. The van der Waals surface area contributed by atoms with Crippen LogP contribution in [-0.4, -0.2) is 36.6 Å². The molecule has 1 aromatic carbocycles. The van der Waals surface area contributed by atoms with Gasteiger partial charge in [0.1, 0.15) is 0 Å². The number of aromatic nitrogens is 1. The topological polar surface area (TPSA) is 42.3 Å². The molecule has 5 heteroatoms. The van der Waals surface area contributed by atoms with Crippen LogP contribution in [0, 0.1) is 12.8 Å². The fourth-order valence-corrected chi connectivity index (χ4v) is 4.15. The van der Waals surface area contributed by atoms with Gasteiger partial charge in [0.15, 0.2) is 0 Å². The van der Waals surface area contributed by atoms with Gasteiger partial charge in [-0.25, -0.2) is 12.7 Å². The second-order valence-corrected chi connectivity index (χ2v) is 8.14. The van der Waals surface area contributed by atoms with E-state index in [0.29, 0.717) is 19.0 Å². The minimum Gasteiger partial charge on any atom is -0.347 e. The zero-order chi connectivity index (χ0) is 15.0. The third-order valence-electron chi connectivity index (χ3n) is 4.34. The molecule has 114 valence electrons. The van der Waals surface area contributed by atoms with E-state index in [1.165, 1.54) is 22.7 Å². The molecule has 0 radical (unpaired) electrons. The predicted molar refractivity (Wildman–Crippen MR) is 85.8 cm³/mol. The van der Waals surface area contributed by atoms with Crippen LogP contribution in [-0.2, 0) is 16.6 Å². The van der Waals surface area contributed by atoms with Crippen LogP contribution in [0.5, 0.6) is 0 Å². The van der Waals surface area contributed by atoms with Crippen LogP contribution in [0.25, 0.3) is 10.9 Å². The van der Waals surface area contributed by atoms with Crippen LogP contribution in [0.2, 0.25) is 0 Å². The molecule has 0 aliphatic carbocycles. The van der Waals surface area contributed by atoms with E-state index in [-0.39, 0.29) is 0 Å². The minimum absolute atomic E-state index is 0.393. The van der Waals surface area contributed by atoms with Crippen molar-refractivity contribution in [2.24, 2.45) is 5.92 Å². The molecule has 1 fully saturated rings. The van der Waals surface area contributed by atoms with Gasteiger partial charge in [0.2, 0.25) is 10.0 Å². The Bertz CT molecular complexity index is 749. The second-order valence-electron chi connectivity index (χ2n) is 6.16. The molecule has 1 aromatic heterocycles. The van der Waals surface area contributed by atoms with Gasteiger partial charge in [-0.15, -0.1) is 0 Å². The maximum absolute atomic E-state index is 11.7. The van der Waals surface area contributed by atoms with E-state index in [9.17, 15) is 8.42 Å². The normalized spacial score (nSPS) is 21.0. The van der Waals surface area contributed by atoms with Crippen molar-refractivity contribution in [1.29, 1.82) is 0 Å². The average molecular weight is 306 g/mol. The van der Waals surface area contributed by atoms with Gasteiger partial charge in [-0.05, 0) is 48.8 Å². The number of hydrogen-bond donors (Lipinski definition) is 0. The molecule has 4 nitrogen and oxygen atoms in total. The minimum atomic E-state index is -3.06. The van der Waals surface area contributed by atoms with Crippen LogP contribution in [0.3, 0.4) is 0 Å². The molecule has 1 aliphatic rings. The molecule has 0 N–H and O–H groups in total.